The predicted octanol–water partition coefficient (Wildman–Crippen LogP) is -1.47. The third-order valence-electron chi connectivity index (χ3n) is 0.864. The van der Waals surface area contributed by atoms with E-state index in [9.17, 15) is 0 Å². The second-order valence-corrected chi connectivity index (χ2v) is 1.73. The lowest BCUT2D eigenvalue weighted by molar-refractivity contribution is 0.0672. The molecular formula is C6H13N5O. The van der Waals surface area contributed by atoms with Crippen LogP contribution in [0, 0.1) is 5.41 Å². The molecule has 6 heteroatoms. The van der Waals surface area contributed by atoms with Gasteiger partial charge in [0.2, 0.25) is 5.96 Å². The molecule has 68 valence electrons. The average molecular weight is 179 g/mol. The van der Waals surface area contributed by atoms with Gasteiger partial charge < -0.3 is 21.1 Å². The molecule has 6 nitrogen and oxygen atoms in total. The molecule has 0 aromatic rings. The van der Waals surface area contributed by atoms with Crippen molar-refractivity contribution in [1.29, 1.82) is 5.41 Å². The van der Waals surface area contributed by atoms with E-state index in [4.69, 9.17) is 27.8 Å². The number of nitrogens with two attached hydrogens (primary N) is 2. The minimum atomic E-state index is -3.24. The normalized spacial score (nSPS) is 43.8. The van der Waals surface area contributed by atoms with Gasteiger partial charge in [0.1, 0.15) is 0 Å². The Labute approximate surface area is 81.9 Å². The first-order chi connectivity index (χ1) is 8.67. The SMILES string of the molecule is [2H]C1([2H])OC([2H])([2H])C([2H])([2H])N(C(=N)N=C(N)N)C1([2H])[2H]. The average Bonchev–Trinajstić information content (AvgIpc) is 2.10. The van der Waals surface area contributed by atoms with Gasteiger partial charge in [0, 0.05) is 13.0 Å². The third-order valence-corrected chi connectivity index (χ3v) is 0.864. The number of nitrogens with one attached hydrogen (secondary N) is 1. The van der Waals surface area contributed by atoms with E-state index in [-0.39, 0.29) is 4.90 Å². The van der Waals surface area contributed by atoms with E-state index in [1.54, 1.807) is 0 Å². The minimum Gasteiger partial charge on any atom is -0.378 e. The van der Waals surface area contributed by atoms with Gasteiger partial charge >= 0.3 is 0 Å². The van der Waals surface area contributed by atoms with E-state index < -0.39 is 38.0 Å². The van der Waals surface area contributed by atoms with Crippen LogP contribution in [0.25, 0.3) is 0 Å². The summed E-state index contributed by atoms with van der Waals surface area (Å²) in [5, 5.41) is 7.49. The quantitative estimate of drug-likeness (QED) is 0.312. The number of aliphatic imine (C=N–C) groups is 1. The maximum atomic E-state index is 7.59. The van der Waals surface area contributed by atoms with Crippen LogP contribution in [0.1, 0.15) is 11.0 Å². The van der Waals surface area contributed by atoms with Crippen LogP contribution in [0.4, 0.5) is 0 Å². The van der Waals surface area contributed by atoms with Crippen LogP contribution in [0.15, 0.2) is 4.99 Å². The van der Waals surface area contributed by atoms with Crippen LogP contribution >= 0.6 is 0 Å². The number of morpholine rings is 1. The molecule has 0 amide bonds. The number of nitrogens with zero attached hydrogens (tertiary/aromatic N) is 2. The van der Waals surface area contributed by atoms with Crippen LogP contribution < -0.4 is 11.5 Å². The van der Waals surface area contributed by atoms with Gasteiger partial charge in [-0.1, -0.05) is 0 Å². The molecule has 0 aromatic heterocycles. The maximum absolute atomic E-state index is 7.59. The molecule has 0 aromatic carbocycles. The summed E-state index contributed by atoms with van der Waals surface area (Å²) in [6.07, 6.45) is 0. The number of hydrogen-bond donors (Lipinski definition) is 3. The van der Waals surface area contributed by atoms with Crippen LogP contribution in [-0.2, 0) is 4.74 Å². The summed E-state index contributed by atoms with van der Waals surface area (Å²) in [5.74, 6) is -1.86. The van der Waals surface area contributed by atoms with Gasteiger partial charge in [0.05, 0.1) is 24.1 Å². The Morgan fingerprint density at radius 2 is 2.08 bits per heavy atom. The fourth-order valence-electron chi connectivity index (χ4n) is 0.469. The molecule has 1 fully saturated rings. The Morgan fingerprint density at radius 1 is 1.50 bits per heavy atom. The van der Waals surface area contributed by atoms with E-state index in [1.807, 2.05) is 0 Å². The van der Waals surface area contributed by atoms with Crippen molar-refractivity contribution in [3.05, 3.63) is 0 Å². The molecule has 1 aliphatic rings. The predicted molar refractivity (Wildman–Crippen MR) is 45.9 cm³/mol. The fraction of sp³-hybridized carbons (Fsp3) is 0.667. The van der Waals surface area contributed by atoms with E-state index in [0.29, 0.717) is 0 Å². The van der Waals surface area contributed by atoms with Gasteiger partial charge in [-0.2, -0.15) is 4.99 Å². The molecule has 0 radical (unpaired) electrons. The summed E-state index contributed by atoms with van der Waals surface area (Å²) in [5.41, 5.74) is 10.0. The van der Waals surface area contributed by atoms with Crippen LogP contribution in [-0.4, -0.2) is 42.9 Å². The Kier molecular flexibility index (Phi) is 0.938. The first-order valence-electron chi connectivity index (χ1n) is 6.85. The van der Waals surface area contributed by atoms with Crippen molar-refractivity contribution in [2.75, 3.05) is 26.1 Å². The molecule has 0 atom stereocenters. The number of ether oxygens (including phenoxy) is 1. The highest BCUT2D eigenvalue weighted by Gasteiger charge is 2.12. The number of guanidine groups is 2. The first kappa shape index (κ1) is 2.88. The molecule has 5 N–H and O–H groups in total. The molecule has 0 saturated carbocycles. The molecule has 0 spiro atoms. The van der Waals surface area contributed by atoms with Crippen molar-refractivity contribution in [1.82, 2.24) is 4.90 Å². The van der Waals surface area contributed by atoms with Gasteiger partial charge in [0.25, 0.3) is 0 Å². The topological polar surface area (TPSA) is 101 Å². The Hall–Kier alpha value is -1.30. The molecule has 1 rings (SSSR count). The van der Waals surface area contributed by atoms with Crippen molar-refractivity contribution in [2.45, 2.75) is 0 Å². The van der Waals surface area contributed by atoms with E-state index >= 15 is 0 Å². The zero-order chi connectivity index (χ0) is 16.1. The summed E-state index contributed by atoms with van der Waals surface area (Å²) in [4.78, 5) is 3.00. The maximum Gasteiger partial charge on any atom is 0.221 e. The van der Waals surface area contributed by atoms with Gasteiger partial charge in [0.15, 0.2) is 5.96 Å². The smallest absolute Gasteiger partial charge is 0.221 e. The Morgan fingerprint density at radius 3 is 2.58 bits per heavy atom. The Bertz CT molecular complexity index is 432. The largest absolute Gasteiger partial charge is 0.378 e. The molecular weight excluding hydrogens is 158 g/mol. The van der Waals surface area contributed by atoms with Gasteiger partial charge in [-0.15, -0.1) is 0 Å². The van der Waals surface area contributed by atoms with Crippen molar-refractivity contribution in [2.24, 2.45) is 16.5 Å². The van der Waals surface area contributed by atoms with E-state index in [2.05, 4.69) is 9.73 Å². The number of hydrogen-bond acceptors (Lipinski definition) is 2. The van der Waals surface area contributed by atoms with E-state index in [1.165, 1.54) is 0 Å². The molecule has 1 aliphatic heterocycles. The molecule has 0 bridgehead atoms. The van der Waals surface area contributed by atoms with E-state index in [0.717, 1.165) is 0 Å². The highest BCUT2D eigenvalue weighted by atomic mass is 16.5. The molecule has 1 heterocycles. The van der Waals surface area contributed by atoms with Crippen LogP contribution in [0.5, 0.6) is 0 Å². The monoisotopic (exact) mass is 179 g/mol. The zero-order valence-electron chi connectivity index (χ0n) is 14.0. The van der Waals surface area contributed by atoms with Gasteiger partial charge in [-0.25, -0.2) is 0 Å². The lowest BCUT2D eigenvalue weighted by atomic mass is 10.4. The molecule has 0 aliphatic carbocycles. The van der Waals surface area contributed by atoms with Crippen molar-refractivity contribution in [3.8, 4) is 0 Å². The molecule has 0 unspecified atom stereocenters. The van der Waals surface area contributed by atoms with Crippen molar-refractivity contribution >= 4 is 11.9 Å². The lowest BCUT2D eigenvalue weighted by Gasteiger charge is -2.26. The highest BCUT2D eigenvalue weighted by Crippen LogP contribution is 1.97. The second kappa shape index (κ2) is 3.91. The summed E-state index contributed by atoms with van der Waals surface area (Å²) >= 11 is 0. The summed E-state index contributed by atoms with van der Waals surface area (Å²) < 4.78 is 64.1. The summed E-state index contributed by atoms with van der Waals surface area (Å²) in [6.45, 7) is -12.9. The summed E-state index contributed by atoms with van der Waals surface area (Å²) in [7, 11) is 0. The highest BCUT2D eigenvalue weighted by molar-refractivity contribution is 5.91. The Balaban J connectivity index is 3.47. The first-order valence-corrected chi connectivity index (χ1v) is 2.85. The van der Waals surface area contributed by atoms with Gasteiger partial charge in [-0.05, 0) is 0 Å². The van der Waals surface area contributed by atoms with Crippen molar-refractivity contribution in [3.63, 3.8) is 0 Å². The standard InChI is InChI=1S/C6H13N5O/c7-5(8)10-6(9)11-1-3-12-4-2-11/h1-4H2,(H5,7,8,9,10)/i1D2,2D2,3D2,4D2. The lowest BCUT2D eigenvalue weighted by Crippen LogP contribution is -2.41. The van der Waals surface area contributed by atoms with Crippen LogP contribution in [0.3, 0.4) is 0 Å². The number of rotatable bonds is 0. The van der Waals surface area contributed by atoms with Crippen molar-refractivity contribution < 1.29 is 15.7 Å². The second-order valence-electron chi connectivity index (χ2n) is 1.73. The minimum absolute atomic E-state index is 0.136. The molecule has 1 saturated heterocycles. The third kappa shape index (κ3) is 2.39. The zero-order valence-corrected chi connectivity index (χ0v) is 5.96. The summed E-state index contributed by atoms with van der Waals surface area (Å²) in [6, 6.07) is 0. The fourth-order valence-corrected chi connectivity index (χ4v) is 0.469. The van der Waals surface area contributed by atoms with Crippen LogP contribution in [0.2, 0.25) is 0 Å². The molecule has 12 heavy (non-hydrogen) atoms. The van der Waals surface area contributed by atoms with Gasteiger partial charge in [-0.3, -0.25) is 5.41 Å².